The van der Waals surface area contributed by atoms with Gasteiger partial charge in [-0.1, -0.05) is 0 Å². The van der Waals surface area contributed by atoms with Gasteiger partial charge in [0.1, 0.15) is 5.75 Å². The highest BCUT2D eigenvalue weighted by atomic mass is 79.9. The molecule has 2 atom stereocenters. The van der Waals surface area contributed by atoms with Crippen LogP contribution in [0.5, 0.6) is 5.75 Å². The van der Waals surface area contributed by atoms with Gasteiger partial charge in [-0.15, -0.1) is 0 Å². The smallest absolute Gasteiger partial charge is 0.147 e. The quantitative estimate of drug-likeness (QED) is 0.770. The van der Waals surface area contributed by atoms with Crippen LogP contribution in [0, 0.1) is 5.92 Å². The molecule has 0 spiro atoms. The lowest BCUT2D eigenvalue weighted by Gasteiger charge is -2.15. The SMILES string of the molecule is CCOc1c(Br)cc(CNCC2CCOC2C)cc1Br. The van der Waals surface area contributed by atoms with E-state index in [0.29, 0.717) is 18.6 Å². The number of nitrogens with one attached hydrogen (secondary N) is 1. The van der Waals surface area contributed by atoms with Gasteiger partial charge in [-0.25, -0.2) is 0 Å². The van der Waals surface area contributed by atoms with Gasteiger partial charge in [-0.05, 0) is 75.7 Å². The van der Waals surface area contributed by atoms with Crippen LogP contribution >= 0.6 is 31.9 Å². The molecule has 2 unspecified atom stereocenters. The fraction of sp³-hybridized carbons (Fsp3) is 0.600. The van der Waals surface area contributed by atoms with Crippen LogP contribution in [0.15, 0.2) is 21.1 Å². The van der Waals surface area contributed by atoms with Gasteiger partial charge < -0.3 is 14.8 Å². The Morgan fingerprint density at radius 2 is 2.05 bits per heavy atom. The third kappa shape index (κ3) is 4.20. The molecule has 1 heterocycles. The second-order valence-corrected chi connectivity index (χ2v) is 6.79. The highest BCUT2D eigenvalue weighted by molar-refractivity contribution is 9.11. The van der Waals surface area contributed by atoms with E-state index in [1.54, 1.807) is 0 Å². The Bertz CT molecular complexity index is 430. The fourth-order valence-corrected chi connectivity index (χ4v) is 3.95. The Morgan fingerprint density at radius 3 is 2.60 bits per heavy atom. The van der Waals surface area contributed by atoms with Crippen molar-refractivity contribution in [3.63, 3.8) is 0 Å². The van der Waals surface area contributed by atoms with Crippen molar-refractivity contribution in [2.75, 3.05) is 19.8 Å². The summed E-state index contributed by atoms with van der Waals surface area (Å²) in [5.74, 6) is 1.50. The first kappa shape index (κ1) is 16.3. The first-order valence-corrected chi connectivity index (χ1v) is 8.63. The lowest BCUT2D eigenvalue weighted by atomic mass is 10.0. The van der Waals surface area contributed by atoms with Gasteiger partial charge in [0.05, 0.1) is 21.7 Å². The van der Waals surface area contributed by atoms with E-state index in [1.807, 2.05) is 6.92 Å². The van der Waals surface area contributed by atoms with Gasteiger partial charge in [0.25, 0.3) is 0 Å². The van der Waals surface area contributed by atoms with E-state index in [2.05, 4.69) is 56.2 Å². The second-order valence-electron chi connectivity index (χ2n) is 5.08. The van der Waals surface area contributed by atoms with E-state index < -0.39 is 0 Å². The lowest BCUT2D eigenvalue weighted by Crippen LogP contribution is -2.26. The standard InChI is InChI=1S/C15H21Br2NO2/c1-3-19-15-13(16)6-11(7-14(15)17)8-18-9-12-4-5-20-10(12)2/h6-7,10,12,18H,3-5,8-9H2,1-2H3. The molecular formula is C15H21Br2NO2. The fourth-order valence-electron chi connectivity index (χ4n) is 2.44. The van der Waals surface area contributed by atoms with Crippen LogP contribution in [0.4, 0.5) is 0 Å². The Hall–Kier alpha value is -0.100. The van der Waals surface area contributed by atoms with Crippen molar-refractivity contribution in [2.24, 2.45) is 5.92 Å². The van der Waals surface area contributed by atoms with Crippen molar-refractivity contribution < 1.29 is 9.47 Å². The predicted molar refractivity (Wildman–Crippen MR) is 88.2 cm³/mol. The van der Waals surface area contributed by atoms with Crippen molar-refractivity contribution in [1.29, 1.82) is 0 Å². The summed E-state index contributed by atoms with van der Waals surface area (Å²) >= 11 is 7.13. The molecule has 1 aliphatic rings. The van der Waals surface area contributed by atoms with Crippen molar-refractivity contribution in [2.45, 2.75) is 32.9 Å². The number of hydrogen-bond acceptors (Lipinski definition) is 3. The van der Waals surface area contributed by atoms with Crippen molar-refractivity contribution in [3.8, 4) is 5.75 Å². The summed E-state index contributed by atoms with van der Waals surface area (Å²) in [6, 6.07) is 4.22. The molecule has 1 fully saturated rings. The minimum Gasteiger partial charge on any atom is -0.492 e. The van der Waals surface area contributed by atoms with E-state index in [-0.39, 0.29) is 0 Å². The molecule has 1 saturated heterocycles. The summed E-state index contributed by atoms with van der Waals surface area (Å²) in [4.78, 5) is 0. The van der Waals surface area contributed by atoms with Crippen molar-refractivity contribution >= 4 is 31.9 Å². The summed E-state index contributed by atoms with van der Waals surface area (Å²) in [5.41, 5.74) is 1.23. The Kier molecular flexibility index (Phi) is 6.33. The molecular weight excluding hydrogens is 386 g/mol. The van der Waals surface area contributed by atoms with Gasteiger partial charge in [0.2, 0.25) is 0 Å². The summed E-state index contributed by atoms with van der Waals surface area (Å²) in [6.07, 6.45) is 1.53. The van der Waals surface area contributed by atoms with Crippen LogP contribution in [0.2, 0.25) is 0 Å². The third-order valence-corrected chi connectivity index (χ3v) is 4.79. The summed E-state index contributed by atoms with van der Waals surface area (Å²) in [7, 11) is 0. The molecule has 2 rings (SSSR count). The van der Waals surface area contributed by atoms with Crippen LogP contribution in [0.3, 0.4) is 0 Å². The molecule has 1 aromatic carbocycles. The number of rotatable bonds is 6. The molecule has 0 amide bonds. The predicted octanol–water partition coefficient (Wildman–Crippen LogP) is 4.12. The van der Waals surface area contributed by atoms with Crippen molar-refractivity contribution in [1.82, 2.24) is 5.32 Å². The van der Waals surface area contributed by atoms with Gasteiger partial charge in [-0.3, -0.25) is 0 Å². The number of halogens is 2. The minimum absolute atomic E-state index is 0.376. The molecule has 0 radical (unpaired) electrons. The van der Waals surface area contributed by atoms with Crippen LogP contribution in [-0.2, 0) is 11.3 Å². The minimum atomic E-state index is 0.376. The first-order chi connectivity index (χ1) is 9.61. The molecule has 3 nitrogen and oxygen atoms in total. The molecule has 5 heteroatoms. The summed E-state index contributed by atoms with van der Waals surface area (Å²) in [6.45, 7) is 7.56. The van der Waals surface area contributed by atoms with Gasteiger partial charge in [0.15, 0.2) is 0 Å². The number of ether oxygens (including phenoxy) is 2. The number of benzene rings is 1. The zero-order valence-electron chi connectivity index (χ0n) is 11.9. The molecule has 0 aliphatic carbocycles. The Balaban J connectivity index is 1.90. The maximum atomic E-state index is 5.59. The molecule has 1 aromatic rings. The van der Waals surface area contributed by atoms with Crippen LogP contribution in [0.25, 0.3) is 0 Å². The van der Waals surface area contributed by atoms with Gasteiger partial charge in [0, 0.05) is 19.7 Å². The second kappa shape index (κ2) is 7.78. The van der Waals surface area contributed by atoms with Gasteiger partial charge in [-0.2, -0.15) is 0 Å². The maximum absolute atomic E-state index is 5.59. The molecule has 1 aliphatic heterocycles. The van der Waals surface area contributed by atoms with E-state index >= 15 is 0 Å². The normalized spacial score (nSPS) is 22.2. The van der Waals surface area contributed by atoms with E-state index in [0.717, 1.165) is 40.8 Å². The zero-order valence-corrected chi connectivity index (χ0v) is 15.1. The average Bonchev–Trinajstić information content (AvgIpc) is 2.80. The summed E-state index contributed by atoms with van der Waals surface area (Å²) in [5, 5.41) is 3.52. The van der Waals surface area contributed by atoms with E-state index in [1.165, 1.54) is 5.56 Å². The van der Waals surface area contributed by atoms with E-state index in [9.17, 15) is 0 Å². The highest BCUT2D eigenvalue weighted by Crippen LogP contribution is 2.34. The molecule has 20 heavy (non-hydrogen) atoms. The van der Waals surface area contributed by atoms with Crippen LogP contribution in [-0.4, -0.2) is 25.9 Å². The van der Waals surface area contributed by atoms with Crippen molar-refractivity contribution in [3.05, 3.63) is 26.6 Å². The van der Waals surface area contributed by atoms with Gasteiger partial charge >= 0.3 is 0 Å². The molecule has 0 saturated carbocycles. The molecule has 0 bridgehead atoms. The maximum Gasteiger partial charge on any atom is 0.147 e. The first-order valence-electron chi connectivity index (χ1n) is 7.04. The van der Waals surface area contributed by atoms with E-state index in [4.69, 9.17) is 9.47 Å². The highest BCUT2D eigenvalue weighted by Gasteiger charge is 2.23. The topological polar surface area (TPSA) is 30.5 Å². The largest absolute Gasteiger partial charge is 0.492 e. The zero-order chi connectivity index (χ0) is 14.5. The van der Waals surface area contributed by atoms with Crippen LogP contribution in [0.1, 0.15) is 25.8 Å². The average molecular weight is 407 g/mol. The molecule has 112 valence electrons. The Morgan fingerprint density at radius 1 is 1.35 bits per heavy atom. The van der Waals surface area contributed by atoms with Crippen LogP contribution < -0.4 is 10.1 Å². The molecule has 0 aromatic heterocycles. The molecule has 1 N–H and O–H groups in total. The lowest BCUT2D eigenvalue weighted by molar-refractivity contribution is 0.105. The third-order valence-electron chi connectivity index (χ3n) is 3.62. The number of hydrogen-bond donors (Lipinski definition) is 1. The Labute approximate surface area is 137 Å². The summed E-state index contributed by atoms with van der Waals surface area (Å²) < 4.78 is 13.1. The monoisotopic (exact) mass is 405 g/mol.